The lowest BCUT2D eigenvalue weighted by atomic mass is 10.2. The van der Waals surface area contributed by atoms with Crippen LogP contribution >= 0.6 is 11.5 Å². The van der Waals surface area contributed by atoms with Crippen LogP contribution in [0.5, 0.6) is 0 Å². The Morgan fingerprint density at radius 2 is 2.29 bits per heavy atom. The summed E-state index contributed by atoms with van der Waals surface area (Å²) < 4.78 is 9.13. The number of nitrogens with one attached hydrogen (secondary N) is 1. The molecule has 0 aliphatic carbocycles. The van der Waals surface area contributed by atoms with Crippen LogP contribution in [0.4, 0.5) is 5.00 Å². The Morgan fingerprint density at radius 3 is 2.88 bits per heavy atom. The molecule has 0 aliphatic rings. The van der Waals surface area contributed by atoms with Gasteiger partial charge >= 0.3 is 0 Å². The zero-order chi connectivity index (χ0) is 12.7. The molecule has 0 aliphatic heterocycles. The van der Waals surface area contributed by atoms with Crippen molar-refractivity contribution < 1.29 is 4.74 Å². The van der Waals surface area contributed by atoms with Crippen molar-refractivity contribution in [3.05, 3.63) is 5.69 Å². The van der Waals surface area contributed by atoms with Crippen LogP contribution in [0, 0.1) is 0 Å². The lowest BCUT2D eigenvalue weighted by Gasteiger charge is -2.27. The molecular formula is C11H22N4OS. The predicted molar refractivity (Wildman–Crippen MR) is 71.5 cm³/mol. The SMILES string of the molecule is CCC(C)N(CCOC)Cc1nnsc1NC. The van der Waals surface area contributed by atoms with Crippen LogP contribution in [0.3, 0.4) is 0 Å². The standard InChI is InChI=1S/C11H22N4OS/c1-5-9(2)15(6-7-16-4)8-10-11(12-3)17-14-13-10/h9,12H,5-8H2,1-4H3. The van der Waals surface area contributed by atoms with E-state index in [1.807, 2.05) is 7.05 Å². The molecule has 17 heavy (non-hydrogen) atoms. The fourth-order valence-electron chi connectivity index (χ4n) is 1.62. The average molecular weight is 258 g/mol. The summed E-state index contributed by atoms with van der Waals surface area (Å²) in [5.74, 6) is 0. The highest BCUT2D eigenvalue weighted by atomic mass is 32.1. The number of ether oxygens (including phenoxy) is 1. The Balaban J connectivity index is 2.64. The second-order valence-electron chi connectivity index (χ2n) is 4.02. The third-order valence-electron chi connectivity index (χ3n) is 2.93. The van der Waals surface area contributed by atoms with Gasteiger partial charge in [0.2, 0.25) is 0 Å². The van der Waals surface area contributed by atoms with Gasteiger partial charge < -0.3 is 10.1 Å². The van der Waals surface area contributed by atoms with E-state index in [1.54, 1.807) is 7.11 Å². The normalized spacial score (nSPS) is 13.0. The molecule has 1 unspecified atom stereocenters. The summed E-state index contributed by atoms with van der Waals surface area (Å²) in [6, 6.07) is 0.525. The Morgan fingerprint density at radius 1 is 1.53 bits per heavy atom. The van der Waals surface area contributed by atoms with Crippen molar-refractivity contribution in [2.75, 3.05) is 32.6 Å². The monoisotopic (exact) mass is 258 g/mol. The van der Waals surface area contributed by atoms with Crippen molar-refractivity contribution in [2.45, 2.75) is 32.9 Å². The summed E-state index contributed by atoms with van der Waals surface area (Å²) in [6.45, 7) is 6.92. The maximum atomic E-state index is 5.15. The quantitative estimate of drug-likeness (QED) is 0.771. The van der Waals surface area contributed by atoms with E-state index >= 15 is 0 Å². The van der Waals surface area contributed by atoms with Crippen LogP contribution < -0.4 is 5.32 Å². The molecular weight excluding hydrogens is 236 g/mol. The molecule has 0 amide bonds. The summed E-state index contributed by atoms with van der Waals surface area (Å²) in [7, 11) is 3.64. The van der Waals surface area contributed by atoms with Crippen LogP contribution in [-0.2, 0) is 11.3 Å². The lowest BCUT2D eigenvalue weighted by molar-refractivity contribution is 0.117. The van der Waals surface area contributed by atoms with Crippen molar-refractivity contribution in [3.8, 4) is 0 Å². The molecule has 1 N–H and O–H groups in total. The van der Waals surface area contributed by atoms with Gasteiger partial charge in [0, 0.05) is 44.8 Å². The van der Waals surface area contributed by atoms with E-state index in [0.29, 0.717) is 6.04 Å². The van der Waals surface area contributed by atoms with Gasteiger partial charge in [-0.25, -0.2) is 0 Å². The van der Waals surface area contributed by atoms with Gasteiger partial charge in [-0.05, 0) is 13.3 Å². The van der Waals surface area contributed by atoms with E-state index in [2.05, 4.69) is 33.7 Å². The zero-order valence-electron chi connectivity index (χ0n) is 11.1. The molecule has 6 heteroatoms. The number of anilines is 1. The number of nitrogens with zero attached hydrogens (tertiary/aromatic N) is 3. The molecule has 0 bridgehead atoms. The van der Waals surface area contributed by atoms with Gasteiger partial charge in [-0.2, -0.15) is 0 Å². The average Bonchev–Trinajstić information content (AvgIpc) is 2.80. The highest BCUT2D eigenvalue weighted by Gasteiger charge is 2.16. The Labute approximate surface area is 107 Å². The summed E-state index contributed by atoms with van der Waals surface area (Å²) in [6.07, 6.45) is 1.12. The van der Waals surface area contributed by atoms with E-state index in [4.69, 9.17) is 4.74 Å². The van der Waals surface area contributed by atoms with E-state index in [1.165, 1.54) is 11.5 Å². The number of hydrogen-bond acceptors (Lipinski definition) is 6. The molecule has 0 fully saturated rings. The van der Waals surface area contributed by atoms with Crippen molar-refractivity contribution in [3.63, 3.8) is 0 Å². The maximum absolute atomic E-state index is 5.15. The Bertz CT molecular complexity index is 318. The fourth-order valence-corrected chi connectivity index (χ4v) is 2.14. The minimum Gasteiger partial charge on any atom is -0.383 e. The van der Waals surface area contributed by atoms with Crippen LogP contribution in [0.15, 0.2) is 0 Å². The molecule has 0 spiro atoms. The van der Waals surface area contributed by atoms with Crippen molar-refractivity contribution >= 4 is 16.5 Å². The zero-order valence-corrected chi connectivity index (χ0v) is 11.9. The van der Waals surface area contributed by atoms with Crippen LogP contribution in [-0.4, -0.2) is 47.8 Å². The van der Waals surface area contributed by atoms with Gasteiger partial charge in [0.25, 0.3) is 0 Å². The van der Waals surface area contributed by atoms with Gasteiger partial charge in [0.05, 0.1) is 6.61 Å². The van der Waals surface area contributed by atoms with Crippen molar-refractivity contribution in [2.24, 2.45) is 0 Å². The van der Waals surface area contributed by atoms with E-state index in [0.717, 1.165) is 36.8 Å². The summed E-state index contributed by atoms with van der Waals surface area (Å²) in [5.41, 5.74) is 1.02. The molecule has 0 radical (unpaired) electrons. The molecule has 1 aromatic heterocycles. The smallest absolute Gasteiger partial charge is 0.134 e. The van der Waals surface area contributed by atoms with Crippen LogP contribution in [0.25, 0.3) is 0 Å². The molecule has 0 saturated heterocycles. The minimum atomic E-state index is 0.525. The van der Waals surface area contributed by atoms with Gasteiger partial charge in [0.1, 0.15) is 10.7 Å². The van der Waals surface area contributed by atoms with Crippen molar-refractivity contribution in [1.82, 2.24) is 14.5 Å². The first-order valence-electron chi connectivity index (χ1n) is 5.94. The molecule has 1 heterocycles. The first kappa shape index (κ1) is 14.3. The summed E-state index contributed by atoms with van der Waals surface area (Å²) >= 11 is 1.40. The third kappa shape index (κ3) is 4.22. The maximum Gasteiger partial charge on any atom is 0.134 e. The summed E-state index contributed by atoms with van der Waals surface area (Å²) in [4.78, 5) is 2.38. The topological polar surface area (TPSA) is 50.3 Å². The first-order valence-corrected chi connectivity index (χ1v) is 6.72. The van der Waals surface area contributed by atoms with Gasteiger partial charge in [-0.1, -0.05) is 11.4 Å². The second-order valence-corrected chi connectivity index (χ2v) is 4.77. The van der Waals surface area contributed by atoms with Crippen LogP contribution in [0.1, 0.15) is 26.0 Å². The molecule has 0 aromatic carbocycles. The van der Waals surface area contributed by atoms with Gasteiger partial charge in [-0.3, -0.25) is 4.90 Å². The number of rotatable bonds is 8. The van der Waals surface area contributed by atoms with E-state index in [9.17, 15) is 0 Å². The third-order valence-corrected chi connectivity index (χ3v) is 3.72. The predicted octanol–water partition coefficient (Wildman–Crippen LogP) is 1.83. The number of aromatic nitrogens is 2. The van der Waals surface area contributed by atoms with E-state index in [-0.39, 0.29) is 0 Å². The highest BCUT2D eigenvalue weighted by molar-refractivity contribution is 7.10. The Kier molecular flexibility index (Phi) is 6.39. The molecule has 0 saturated carbocycles. The molecule has 98 valence electrons. The molecule has 1 aromatic rings. The minimum absolute atomic E-state index is 0.525. The van der Waals surface area contributed by atoms with Gasteiger partial charge in [0.15, 0.2) is 0 Å². The fraction of sp³-hybridized carbons (Fsp3) is 0.818. The lowest BCUT2D eigenvalue weighted by Crippen LogP contribution is -2.35. The Hall–Kier alpha value is -0.720. The highest BCUT2D eigenvalue weighted by Crippen LogP contribution is 2.19. The van der Waals surface area contributed by atoms with Crippen molar-refractivity contribution in [1.29, 1.82) is 0 Å². The van der Waals surface area contributed by atoms with Crippen LogP contribution in [0.2, 0.25) is 0 Å². The van der Waals surface area contributed by atoms with E-state index < -0.39 is 0 Å². The second kappa shape index (κ2) is 7.58. The van der Waals surface area contributed by atoms with Gasteiger partial charge in [-0.15, -0.1) is 5.10 Å². The summed E-state index contributed by atoms with van der Waals surface area (Å²) in [5, 5.41) is 8.36. The first-order chi connectivity index (χ1) is 8.22. The molecule has 1 rings (SSSR count). The molecule has 5 nitrogen and oxygen atoms in total. The largest absolute Gasteiger partial charge is 0.383 e. The number of hydrogen-bond donors (Lipinski definition) is 1. The molecule has 1 atom stereocenters. The number of methoxy groups -OCH3 is 1.